The third kappa shape index (κ3) is 2.20. The van der Waals surface area contributed by atoms with Gasteiger partial charge in [0.25, 0.3) is 10.0 Å². The summed E-state index contributed by atoms with van der Waals surface area (Å²) in [6, 6.07) is 1.09. The van der Waals surface area contributed by atoms with Crippen LogP contribution in [0.25, 0.3) is 0 Å². The molecule has 96 valence electrons. The van der Waals surface area contributed by atoms with Crippen LogP contribution in [0.4, 0.5) is 5.69 Å². The molecule has 0 aliphatic rings. The van der Waals surface area contributed by atoms with E-state index in [1.807, 2.05) is 0 Å². The third-order valence-electron chi connectivity index (χ3n) is 2.26. The lowest BCUT2D eigenvalue weighted by Gasteiger charge is -2.02. The molecule has 8 nitrogen and oxygen atoms in total. The Bertz CT molecular complexity index is 671. The Kier molecular flexibility index (Phi) is 2.83. The molecule has 3 N–H and O–H groups in total. The predicted octanol–water partition coefficient (Wildman–Crippen LogP) is 0.247. The van der Waals surface area contributed by atoms with E-state index in [4.69, 9.17) is 5.11 Å². The molecule has 0 aromatic carbocycles. The molecule has 0 saturated heterocycles. The molecule has 0 spiro atoms. The highest BCUT2D eigenvalue weighted by atomic mass is 32.2. The van der Waals surface area contributed by atoms with E-state index < -0.39 is 16.0 Å². The Morgan fingerprint density at radius 1 is 1.56 bits per heavy atom. The van der Waals surface area contributed by atoms with Gasteiger partial charge in [0.1, 0.15) is 10.6 Å². The number of aromatic amines is 1. The number of aryl methyl sites for hydroxylation is 1. The van der Waals surface area contributed by atoms with Crippen LogP contribution in [0.1, 0.15) is 10.5 Å². The summed E-state index contributed by atoms with van der Waals surface area (Å²) in [6.45, 7) is 0. The smallest absolute Gasteiger partial charge is 0.352 e. The molecule has 0 fully saturated rings. The van der Waals surface area contributed by atoms with Crippen molar-refractivity contribution in [1.82, 2.24) is 14.8 Å². The SMILES string of the molecule is Cn1cc(S(=O)(=O)Nc2cn[nH]c2)cc1C(=O)O. The minimum absolute atomic E-state index is 0.109. The average molecular weight is 270 g/mol. The van der Waals surface area contributed by atoms with Gasteiger partial charge < -0.3 is 9.67 Å². The van der Waals surface area contributed by atoms with Crippen molar-refractivity contribution in [1.29, 1.82) is 0 Å². The van der Waals surface area contributed by atoms with Crippen LogP contribution in [0, 0.1) is 0 Å². The molecule has 2 aromatic rings. The molecule has 0 amide bonds. The maximum atomic E-state index is 11.9. The van der Waals surface area contributed by atoms with E-state index in [1.54, 1.807) is 0 Å². The van der Waals surface area contributed by atoms with Gasteiger partial charge in [0.05, 0.1) is 11.9 Å². The number of nitrogens with zero attached hydrogens (tertiary/aromatic N) is 2. The standard InChI is InChI=1S/C9H10N4O4S/c1-13-5-7(2-8(13)9(14)15)18(16,17)12-6-3-10-11-4-6/h2-5,12H,1H3,(H,10,11)(H,14,15). The van der Waals surface area contributed by atoms with Crippen molar-refractivity contribution in [2.45, 2.75) is 4.90 Å². The zero-order valence-corrected chi connectivity index (χ0v) is 10.1. The maximum Gasteiger partial charge on any atom is 0.352 e. The number of hydrogen-bond donors (Lipinski definition) is 3. The lowest BCUT2D eigenvalue weighted by atomic mass is 10.4. The summed E-state index contributed by atoms with van der Waals surface area (Å²) in [7, 11) is -2.35. The summed E-state index contributed by atoms with van der Waals surface area (Å²) in [5.41, 5.74) is 0.165. The van der Waals surface area contributed by atoms with Crippen LogP contribution in [0.3, 0.4) is 0 Å². The molecule has 2 aromatic heterocycles. The quantitative estimate of drug-likeness (QED) is 0.736. The van der Waals surface area contributed by atoms with Gasteiger partial charge in [-0.05, 0) is 6.07 Å². The fraction of sp³-hybridized carbons (Fsp3) is 0.111. The van der Waals surface area contributed by atoms with E-state index >= 15 is 0 Å². The van der Waals surface area contributed by atoms with Crippen LogP contribution in [0.2, 0.25) is 0 Å². The molecule has 0 aliphatic carbocycles. The van der Waals surface area contributed by atoms with Gasteiger partial charge in [-0.1, -0.05) is 0 Å². The van der Waals surface area contributed by atoms with Crippen molar-refractivity contribution in [2.75, 3.05) is 4.72 Å². The normalized spacial score (nSPS) is 11.4. The number of sulfonamides is 1. The van der Waals surface area contributed by atoms with Gasteiger partial charge in [-0.3, -0.25) is 9.82 Å². The first-order valence-corrected chi connectivity index (χ1v) is 6.30. The van der Waals surface area contributed by atoms with Crippen molar-refractivity contribution in [2.24, 2.45) is 7.05 Å². The number of rotatable bonds is 4. The summed E-state index contributed by atoms with van der Waals surface area (Å²) >= 11 is 0. The first kappa shape index (κ1) is 12.2. The molecular weight excluding hydrogens is 260 g/mol. The van der Waals surface area contributed by atoms with Crippen LogP contribution >= 0.6 is 0 Å². The Hall–Kier alpha value is -2.29. The number of hydrogen-bond acceptors (Lipinski definition) is 4. The molecule has 18 heavy (non-hydrogen) atoms. The lowest BCUT2D eigenvalue weighted by molar-refractivity contribution is 0.0686. The van der Waals surface area contributed by atoms with Gasteiger partial charge in [0, 0.05) is 19.4 Å². The minimum atomic E-state index is -3.81. The number of H-pyrrole nitrogens is 1. The van der Waals surface area contributed by atoms with Crippen molar-refractivity contribution < 1.29 is 18.3 Å². The highest BCUT2D eigenvalue weighted by Crippen LogP contribution is 2.17. The van der Waals surface area contributed by atoms with Gasteiger partial charge in [-0.15, -0.1) is 0 Å². The second-order valence-electron chi connectivity index (χ2n) is 3.57. The molecule has 0 unspecified atom stereocenters. The molecule has 2 heterocycles. The fourth-order valence-corrected chi connectivity index (χ4v) is 2.52. The van der Waals surface area contributed by atoms with Gasteiger partial charge in [0.15, 0.2) is 0 Å². The van der Waals surface area contributed by atoms with Crippen LogP contribution < -0.4 is 4.72 Å². The second kappa shape index (κ2) is 4.18. The zero-order chi connectivity index (χ0) is 13.3. The molecule has 2 rings (SSSR count). The maximum absolute atomic E-state index is 11.9. The summed E-state index contributed by atoms with van der Waals surface area (Å²) < 4.78 is 27.4. The van der Waals surface area contributed by atoms with Crippen molar-refractivity contribution in [3.05, 3.63) is 30.4 Å². The summed E-state index contributed by atoms with van der Waals surface area (Å²) in [4.78, 5) is 10.7. The first-order valence-electron chi connectivity index (χ1n) is 4.81. The lowest BCUT2D eigenvalue weighted by Crippen LogP contribution is -2.11. The molecule has 0 radical (unpaired) electrons. The van der Waals surface area contributed by atoms with Crippen LogP contribution in [0.5, 0.6) is 0 Å². The van der Waals surface area contributed by atoms with Crippen LogP contribution in [0.15, 0.2) is 29.6 Å². The molecule has 0 saturated carbocycles. The number of nitrogens with one attached hydrogen (secondary N) is 2. The fourth-order valence-electron chi connectivity index (χ4n) is 1.41. The van der Waals surface area contributed by atoms with Gasteiger partial charge in [0.2, 0.25) is 0 Å². The number of aromatic nitrogens is 3. The van der Waals surface area contributed by atoms with Gasteiger partial charge in [-0.25, -0.2) is 13.2 Å². The number of aromatic carboxylic acids is 1. The molecule has 9 heteroatoms. The van der Waals surface area contributed by atoms with Crippen molar-refractivity contribution in [3.63, 3.8) is 0 Å². The molecule has 0 atom stereocenters. The molecule has 0 aliphatic heterocycles. The molecular formula is C9H10N4O4S. The highest BCUT2D eigenvalue weighted by molar-refractivity contribution is 7.92. The summed E-state index contributed by atoms with van der Waals surface area (Å²) in [5, 5.41) is 14.9. The Morgan fingerprint density at radius 3 is 2.78 bits per heavy atom. The second-order valence-corrected chi connectivity index (χ2v) is 5.25. The van der Waals surface area contributed by atoms with Gasteiger partial charge >= 0.3 is 5.97 Å². The van der Waals surface area contributed by atoms with E-state index in [-0.39, 0.29) is 16.3 Å². The average Bonchev–Trinajstić information content (AvgIpc) is 2.86. The number of carbonyl (C=O) groups is 1. The van der Waals surface area contributed by atoms with Crippen molar-refractivity contribution in [3.8, 4) is 0 Å². The largest absolute Gasteiger partial charge is 0.477 e. The third-order valence-corrected chi connectivity index (χ3v) is 3.61. The van der Waals surface area contributed by atoms with E-state index in [2.05, 4.69) is 14.9 Å². The Labute approximate surface area is 102 Å². The molecule has 0 bridgehead atoms. The van der Waals surface area contributed by atoms with Gasteiger partial charge in [-0.2, -0.15) is 5.10 Å². The van der Waals surface area contributed by atoms with E-state index in [0.717, 1.165) is 6.07 Å². The van der Waals surface area contributed by atoms with Crippen LogP contribution in [-0.2, 0) is 17.1 Å². The summed E-state index contributed by atoms with van der Waals surface area (Å²) in [6.07, 6.45) is 3.91. The monoisotopic (exact) mass is 270 g/mol. The first-order chi connectivity index (χ1) is 8.40. The Morgan fingerprint density at radius 2 is 2.28 bits per heavy atom. The van der Waals surface area contributed by atoms with E-state index in [0.29, 0.717) is 0 Å². The summed E-state index contributed by atoms with van der Waals surface area (Å²) in [5.74, 6) is -1.19. The zero-order valence-electron chi connectivity index (χ0n) is 9.28. The predicted molar refractivity (Wildman–Crippen MR) is 61.8 cm³/mol. The Balaban J connectivity index is 2.36. The van der Waals surface area contributed by atoms with E-state index in [1.165, 1.54) is 30.2 Å². The van der Waals surface area contributed by atoms with Crippen molar-refractivity contribution >= 4 is 21.7 Å². The highest BCUT2D eigenvalue weighted by Gasteiger charge is 2.20. The number of carboxylic acids is 1. The minimum Gasteiger partial charge on any atom is -0.477 e. The van der Waals surface area contributed by atoms with E-state index in [9.17, 15) is 13.2 Å². The van der Waals surface area contributed by atoms with Crippen LogP contribution in [-0.4, -0.2) is 34.3 Å². The number of anilines is 1. The number of carboxylic acid groups (broad SMARTS) is 1. The topological polar surface area (TPSA) is 117 Å².